The maximum atomic E-state index is 12.3. The maximum absolute atomic E-state index is 12.3. The summed E-state index contributed by atoms with van der Waals surface area (Å²) in [5.74, 6) is 5.81. The summed E-state index contributed by atoms with van der Waals surface area (Å²) in [6.45, 7) is 20.2. The normalized spacial score (nSPS) is 14.5. The SMILES string of the molecule is C=CC[C@H](C#CC[C@H](O)C[C@@H](C)CO[Si](C(C)C)(C(C)C)C(C)C)OC(=O)c1ccccc1. The van der Waals surface area contributed by atoms with Crippen molar-refractivity contribution in [2.75, 3.05) is 6.61 Å². The molecular weight excluding hydrogens is 428 g/mol. The number of aliphatic hydroxyl groups excluding tert-OH is 1. The minimum atomic E-state index is -1.90. The standard InChI is InChI=1S/C28H44O4Si/c1-9-14-27(32-28(30)25-15-11-10-12-16-25)18-13-17-26(29)19-24(8)20-31-33(21(2)3,22(4)5)23(6)7/h9-12,15-16,21-24,26-27,29H,1,14,17,19-20H2,2-8H3/t24-,26+,27-/m1/s1. The lowest BCUT2D eigenvalue weighted by Crippen LogP contribution is -2.48. The molecule has 1 aromatic carbocycles. The Morgan fingerprint density at radius 2 is 1.64 bits per heavy atom. The van der Waals surface area contributed by atoms with Crippen LogP contribution in [0.5, 0.6) is 0 Å². The lowest BCUT2D eigenvalue weighted by atomic mass is 10.0. The van der Waals surface area contributed by atoms with E-state index in [1.165, 1.54) is 0 Å². The predicted molar refractivity (Wildman–Crippen MR) is 140 cm³/mol. The summed E-state index contributed by atoms with van der Waals surface area (Å²) < 4.78 is 12.2. The number of rotatable bonds is 13. The van der Waals surface area contributed by atoms with Gasteiger partial charge in [0, 0.05) is 19.4 Å². The smallest absolute Gasteiger partial charge is 0.339 e. The van der Waals surface area contributed by atoms with Gasteiger partial charge >= 0.3 is 5.97 Å². The highest BCUT2D eigenvalue weighted by molar-refractivity contribution is 6.77. The molecule has 0 unspecified atom stereocenters. The highest BCUT2D eigenvalue weighted by Gasteiger charge is 2.45. The Labute approximate surface area is 202 Å². The summed E-state index contributed by atoms with van der Waals surface area (Å²) in [6.07, 6.45) is 1.97. The Morgan fingerprint density at radius 3 is 2.15 bits per heavy atom. The van der Waals surface area contributed by atoms with Crippen molar-refractivity contribution in [3.05, 3.63) is 48.6 Å². The average molecular weight is 473 g/mol. The first-order valence-corrected chi connectivity index (χ1v) is 14.4. The van der Waals surface area contributed by atoms with E-state index in [1.54, 1.807) is 30.3 Å². The second-order valence-electron chi connectivity index (χ2n) is 9.93. The predicted octanol–water partition coefficient (Wildman–Crippen LogP) is 6.76. The van der Waals surface area contributed by atoms with Crippen LogP contribution in [0.15, 0.2) is 43.0 Å². The molecule has 0 bridgehead atoms. The summed E-state index contributed by atoms with van der Waals surface area (Å²) in [7, 11) is -1.90. The van der Waals surface area contributed by atoms with Crippen LogP contribution in [0.1, 0.15) is 78.1 Å². The third-order valence-electron chi connectivity index (χ3n) is 6.24. The topological polar surface area (TPSA) is 55.8 Å². The largest absolute Gasteiger partial charge is 0.445 e. The Hall–Kier alpha value is -1.87. The molecule has 0 amide bonds. The fraction of sp³-hybridized carbons (Fsp3) is 0.607. The molecule has 3 atom stereocenters. The minimum absolute atomic E-state index is 0.241. The highest BCUT2D eigenvalue weighted by Crippen LogP contribution is 2.42. The Balaban J connectivity index is 2.62. The van der Waals surface area contributed by atoms with E-state index in [0.717, 1.165) is 0 Å². The van der Waals surface area contributed by atoms with Crippen molar-refractivity contribution in [3.8, 4) is 11.8 Å². The van der Waals surface area contributed by atoms with Gasteiger partial charge in [-0.2, -0.15) is 0 Å². The van der Waals surface area contributed by atoms with E-state index in [9.17, 15) is 9.90 Å². The monoisotopic (exact) mass is 472 g/mol. The number of carbonyl (C=O) groups is 1. The van der Waals surface area contributed by atoms with Crippen molar-refractivity contribution >= 4 is 14.3 Å². The first-order chi connectivity index (χ1) is 15.5. The summed E-state index contributed by atoms with van der Waals surface area (Å²) in [6, 6.07) is 8.86. The molecule has 4 nitrogen and oxygen atoms in total. The molecule has 1 aromatic rings. The molecule has 1 N–H and O–H groups in total. The van der Waals surface area contributed by atoms with Crippen LogP contribution in [0, 0.1) is 17.8 Å². The van der Waals surface area contributed by atoms with E-state index in [2.05, 4.69) is 66.9 Å². The molecule has 0 aromatic heterocycles. The Morgan fingerprint density at radius 1 is 1.06 bits per heavy atom. The van der Waals surface area contributed by atoms with Crippen molar-refractivity contribution in [2.45, 2.75) is 96.6 Å². The van der Waals surface area contributed by atoms with Gasteiger partial charge < -0.3 is 14.3 Å². The molecule has 0 aliphatic carbocycles. The van der Waals surface area contributed by atoms with E-state index in [0.29, 0.717) is 48.1 Å². The van der Waals surface area contributed by atoms with Crippen LogP contribution in [0.2, 0.25) is 16.6 Å². The maximum Gasteiger partial charge on any atom is 0.339 e. The third kappa shape index (κ3) is 9.12. The van der Waals surface area contributed by atoms with Crippen LogP contribution in [-0.2, 0) is 9.16 Å². The lowest BCUT2D eigenvalue weighted by molar-refractivity contribution is 0.0415. The number of hydrogen-bond acceptors (Lipinski definition) is 4. The van der Waals surface area contributed by atoms with Crippen molar-refractivity contribution < 1.29 is 19.1 Å². The second kappa shape index (κ2) is 14.4. The zero-order valence-corrected chi connectivity index (χ0v) is 22.6. The number of carbonyl (C=O) groups excluding carboxylic acids is 1. The molecule has 184 valence electrons. The molecular formula is C28H44O4Si. The van der Waals surface area contributed by atoms with Gasteiger partial charge in [-0.3, -0.25) is 0 Å². The molecule has 0 fully saturated rings. The van der Waals surface area contributed by atoms with Gasteiger partial charge in [0.15, 0.2) is 14.4 Å². The second-order valence-corrected chi connectivity index (χ2v) is 15.4. The van der Waals surface area contributed by atoms with Gasteiger partial charge in [-0.15, -0.1) is 6.58 Å². The zero-order valence-electron chi connectivity index (χ0n) is 21.6. The molecule has 0 aliphatic heterocycles. The fourth-order valence-electron chi connectivity index (χ4n) is 4.75. The molecule has 0 radical (unpaired) electrons. The summed E-state index contributed by atoms with van der Waals surface area (Å²) in [5, 5.41) is 10.5. The van der Waals surface area contributed by atoms with Gasteiger partial charge in [0.05, 0.1) is 11.7 Å². The van der Waals surface area contributed by atoms with Gasteiger partial charge in [0.25, 0.3) is 0 Å². The Bertz CT molecular complexity index is 754. The molecule has 0 spiro atoms. The molecule has 0 heterocycles. The summed E-state index contributed by atoms with van der Waals surface area (Å²) in [5.41, 5.74) is 2.12. The number of benzene rings is 1. The van der Waals surface area contributed by atoms with Gasteiger partial charge in [-0.05, 0) is 41.1 Å². The first kappa shape index (κ1) is 29.2. The van der Waals surface area contributed by atoms with Crippen LogP contribution in [0.4, 0.5) is 0 Å². The van der Waals surface area contributed by atoms with E-state index >= 15 is 0 Å². The third-order valence-corrected chi connectivity index (χ3v) is 12.3. The average Bonchev–Trinajstić information content (AvgIpc) is 2.74. The van der Waals surface area contributed by atoms with E-state index in [4.69, 9.17) is 9.16 Å². The number of ether oxygens (including phenoxy) is 1. The summed E-state index contributed by atoms with van der Waals surface area (Å²) in [4.78, 5) is 12.3. The number of aliphatic hydroxyl groups is 1. The van der Waals surface area contributed by atoms with Crippen LogP contribution >= 0.6 is 0 Å². The molecule has 33 heavy (non-hydrogen) atoms. The van der Waals surface area contributed by atoms with Crippen LogP contribution in [0.25, 0.3) is 0 Å². The molecule has 1 rings (SSSR count). The van der Waals surface area contributed by atoms with Gasteiger partial charge in [0.1, 0.15) is 0 Å². The van der Waals surface area contributed by atoms with Gasteiger partial charge in [-0.1, -0.05) is 84.6 Å². The van der Waals surface area contributed by atoms with Crippen LogP contribution in [-0.4, -0.2) is 38.2 Å². The van der Waals surface area contributed by atoms with Gasteiger partial charge in [-0.25, -0.2) is 4.79 Å². The molecule has 5 heteroatoms. The van der Waals surface area contributed by atoms with Crippen molar-refractivity contribution in [3.63, 3.8) is 0 Å². The quantitative estimate of drug-likeness (QED) is 0.149. The Kier molecular flexibility index (Phi) is 12.7. The van der Waals surface area contributed by atoms with Crippen LogP contribution in [0.3, 0.4) is 0 Å². The minimum Gasteiger partial charge on any atom is -0.445 e. The van der Waals surface area contributed by atoms with E-state index in [-0.39, 0.29) is 5.92 Å². The molecule has 0 saturated carbocycles. The van der Waals surface area contributed by atoms with Crippen molar-refractivity contribution in [1.82, 2.24) is 0 Å². The first-order valence-electron chi connectivity index (χ1n) is 12.2. The van der Waals surface area contributed by atoms with E-state index < -0.39 is 26.5 Å². The van der Waals surface area contributed by atoms with Gasteiger partial charge in [0.2, 0.25) is 0 Å². The summed E-state index contributed by atoms with van der Waals surface area (Å²) >= 11 is 0. The van der Waals surface area contributed by atoms with Crippen molar-refractivity contribution in [1.29, 1.82) is 0 Å². The van der Waals surface area contributed by atoms with E-state index in [1.807, 2.05) is 6.07 Å². The highest BCUT2D eigenvalue weighted by atomic mass is 28.4. The lowest BCUT2D eigenvalue weighted by Gasteiger charge is -2.42. The zero-order chi connectivity index (χ0) is 25.0. The van der Waals surface area contributed by atoms with Crippen LogP contribution < -0.4 is 0 Å². The number of esters is 1. The number of hydrogen-bond donors (Lipinski definition) is 1. The molecule has 0 saturated heterocycles. The fourth-order valence-corrected chi connectivity index (χ4v) is 10.3. The van der Waals surface area contributed by atoms with Crippen molar-refractivity contribution in [2.24, 2.45) is 5.92 Å². The molecule has 0 aliphatic rings.